The fourth-order valence-corrected chi connectivity index (χ4v) is 3.60. The van der Waals surface area contributed by atoms with E-state index in [4.69, 9.17) is 9.47 Å². The first kappa shape index (κ1) is 19.1. The van der Waals surface area contributed by atoms with Crippen LogP contribution in [-0.4, -0.2) is 18.8 Å². The number of carbonyl (C=O) groups is 1. The molecule has 1 amide bonds. The minimum absolute atomic E-state index is 0.455. The van der Waals surface area contributed by atoms with Gasteiger partial charge in [-0.05, 0) is 62.6 Å². The summed E-state index contributed by atoms with van der Waals surface area (Å²) < 4.78 is 10.6. The Bertz CT molecular complexity index is 946. The van der Waals surface area contributed by atoms with Crippen LogP contribution in [0.15, 0.2) is 70.5 Å². The number of hydrogen-bond acceptors (Lipinski definition) is 4. The normalized spacial score (nSPS) is 11.3. The molecule has 0 aliphatic rings. The largest absolute Gasteiger partial charge is 0.497 e. The topological polar surface area (TPSA) is 47.6 Å². The van der Waals surface area contributed by atoms with E-state index in [1.807, 2.05) is 75.4 Å². The number of methoxy groups -OCH3 is 1. The maximum absolute atomic E-state index is 12.2. The SMILES string of the molecule is COc1ccc(Sc2ccc(NC(=O)OC(C)(C)C)c3ccccc23)cc1. The van der Waals surface area contributed by atoms with E-state index in [1.165, 1.54) is 0 Å². The minimum atomic E-state index is -0.538. The van der Waals surface area contributed by atoms with Crippen LogP contribution >= 0.6 is 11.8 Å². The molecule has 0 unspecified atom stereocenters. The second-order valence-electron chi connectivity index (χ2n) is 7.06. The zero-order valence-corrected chi connectivity index (χ0v) is 16.7. The van der Waals surface area contributed by atoms with Gasteiger partial charge in [-0.15, -0.1) is 0 Å². The molecule has 3 aromatic carbocycles. The molecule has 0 radical (unpaired) electrons. The van der Waals surface area contributed by atoms with E-state index in [1.54, 1.807) is 18.9 Å². The van der Waals surface area contributed by atoms with Crippen molar-refractivity contribution in [2.24, 2.45) is 0 Å². The fourth-order valence-electron chi connectivity index (χ4n) is 2.65. The van der Waals surface area contributed by atoms with Gasteiger partial charge in [-0.25, -0.2) is 4.79 Å². The zero-order valence-electron chi connectivity index (χ0n) is 15.9. The van der Waals surface area contributed by atoms with E-state index < -0.39 is 11.7 Å². The second-order valence-corrected chi connectivity index (χ2v) is 8.18. The number of carbonyl (C=O) groups excluding carboxylic acids is 1. The molecule has 3 aromatic rings. The number of rotatable bonds is 4. The summed E-state index contributed by atoms with van der Waals surface area (Å²) in [4.78, 5) is 14.4. The van der Waals surface area contributed by atoms with Crippen molar-refractivity contribution in [3.8, 4) is 5.75 Å². The van der Waals surface area contributed by atoms with E-state index in [-0.39, 0.29) is 0 Å². The van der Waals surface area contributed by atoms with Crippen molar-refractivity contribution in [3.05, 3.63) is 60.7 Å². The maximum atomic E-state index is 12.2. The summed E-state index contributed by atoms with van der Waals surface area (Å²) in [6.45, 7) is 5.54. The summed E-state index contributed by atoms with van der Waals surface area (Å²) in [5, 5.41) is 4.91. The molecule has 0 aromatic heterocycles. The number of amides is 1. The molecular weight excluding hydrogens is 358 g/mol. The zero-order chi connectivity index (χ0) is 19.4. The van der Waals surface area contributed by atoms with Crippen LogP contribution in [0.5, 0.6) is 5.75 Å². The van der Waals surface area contributed by atoms with Gasteiger partial charge in [-0.3, -0.25) is 5.32 Å². The van der Waals surface area contributed by atoms with Gasteiger partial charge in [0.05, 0.1) is 12.8 Å². The predicted molar refractivity (Wildman–Crippen MR) is 111 cm³/mol. The van der Waals surface area contributed by atoms with Crippen molar-refractivity contribution in [2.45, 2.75) is 36.2 Å². The van der Waals surface area contributed by atoms with Crippen molar-refractivity contribution in [3.63, 3.8) is 0 Å². The summed E-state index contributed by atoms with van der Waals surface area (Å²) in [5.41, 5.74) is 0.197. The quantitative estimate of drug-likeness (QED) is 0.572. The van der Waals surface area contributed by atoms with Crippen LogP contribution in [0.25, 0.3) is 10.8 Å². The summed E-state index contributed by atoms with van der Waals surface area (Å²) in [6.07, 6.45) is -0.455. The molecule has 0 bridgehead atoms. The van der Waals surface area contributed by atoms with E-state index in [0.717, 1.165) is 32.0 Å². The monoisotopic (exact) mass is 381 g/mol. The van der Waals surface area contributed by atoms with Crippen molar-refractivity contribution < 1.29 is 14.3 Å². The predicted octanol–water partition coefficient (Wildman–Crippen LogP) is 6.35. The summed E-state index contributed by atoms with van der Waals surface area (Å²) in [5.74, 6) is 0.834. The van der Waals surface area contributed by atoms with Gasteiger partial charge in [0.1, 0.15) is 11.4 Å². The standard InChI is InChI=1S/C22H23NO3S/c1-22(2,3)26-21(24)23-19-13-14-20(18-8-6-5-7-17(18)19)27-16-11-9-15(25-4)10-12-16/h5-14H,1-4H3,(H,23,24). The number of nitrogens with one attached hydrogen (secondary N) is 1. The second kappa shape index (κ2) is 7.92. The fraction of sp³-hybridized carbons (Fsp3) is 0.227. The smallest absolute Gasteiger partial charge is 0.412 e. The van der Waals surface area contributed by atoms with Gasteiger partial charge in [-0.1, -0.05) is 36.0 Å². The van der Waals surface area contributed by atoms with E-state index >= 15 is 0 Å². The van der Waals surface area contributed by atoms with Crippen molar-refractivity contribution in [1.82, 2.24) is 0 Å². The third kappa shape index (κ3) is 4.95. The highest BCUT2D eigenvalue weighted by Crippen LogP contribution is 2.37. The van der Waals surface area contributed by atoms with Gasteiger partial charge in [0, 0.05) is 15.2 Å². The molecule has 0 saturated carbocycles. The lowest BCUT2D eigenvalue weighted by Gasteiger charge is -2.20. The number of hydrogen-bond donors (Lipinski definition) is 1. The molecule has 0 heterocycles. The van der Waals surface area contributed by atoms with Gasteiger partial charge in [0.15, 0.2) is 0 Å². The average Bonchev–Trinajstić information content (AvgIpc) is 2.63. The molecule has 0 aliphatic carbocycles. The van der Waals surface area contributed by atoms with Gasteiger partial charge in [0.25, 0.3) is 0 Å². The van der Waals surface area contributed by atoms with Crippen molar-refractivity contribution in [2.75, 3.05) is 12.4 Å². The third-order valence-corrected chi connectivity index (χ3v) is 4.89. The molecule has 0 fully saturated rings. The Morgan fingerprint density at radius 1 is 0.926 bits per heavy atom. The molecule has 0 saturated heterocycles. The highest BCUT2D eigenvalue weighted by molar-refractivity contribution is 7.99. The third-order valence-electron chi connectivity index (χ3n) is 3.81. The Morgan fingerprint density at radius 2 is 1.59 bits per heavy atom. The van der Waals surface area contributed by atoms with Gasteiger partial charge in [-0.2, -0.15) is 0 Å². The molecule has 0 atom stereocenters. The van der Waals surface area contributed by atoms with Crippen LogP contribution < -0.4 is 10.1 Å². The van der Waals surface area contributed by atoms with Crippen LogP contribution in [0.3, 0.4) is 0 Å². The molecule has 0 spiro atoms. The molecule has 1 N–H and O–H groups in total. The number of anilines is 1. The van der Waals surface area contributed by atoms with Crippen LogP contribution in [0.1, 0.15) is 20.8 Å². The lowest BCUT2D eigenvalue weighted by atomic mass is 10.1. The van der Waals surface area contributed by atoms with Crippen LogP contribution in [0.2, 0.25) is 0 Å². The summed E-state index contributed by atoms with van der Waals surface area (Å²) in [7, 11) is 1.66. The van der Waals surface area contributed by atoms with Crippen LogP contribution in [0, 0.1) is 0 Å². The molecule has 5 heteroatoms. The first-order chi connectivity index (χ1) is 12.9. The molecule has 0 aliphatic heterocycles. The Morgan fingerprint density at radius 3 is 2.22 bits per heavy atom. The van der Waals surface area contributed by atoms with Gasteiger partial charge >= 0.3 is 6.09 Å². The van der Waals surface area contributed by atoms with E-state index in [0.29, 0.717) is 0 Å². The van der Waals surface area contributed by atoms with E-state index in [9.17, 15) is 4.79 Å². The van der Waals surface area contributed by atoms with Gasteiger partial charge in [0.2, 0.25) is 0 Å². The first-order valence-corrected chi connectivity index (χ1v) is 9.51. The molecular formula is C22H23NO3S. The number of ether oxygens (including phenoxy) is 2. The molecule has 3 rings (SSSR count). The summed E-state index contributed by atoms with van der Waals surface area (Å²) in [6, 6.07) is 19.9. The van der Waals surface area contributed by atoms with E-state index in [2.05, 4.69) is 11.4 Å². The lowest BCUT2D eigenvalue weighted by molar-refractivity contribution is 0.0636. The van der Waals surface area contributed by atoms with Crippen LogP contribution in [-0.2, 0) is 4.74 Å². The highest BCUT2D eigenvalue weighted by atomic mass is 32.2. The first-order valence-electron chi connectivity index (χ1n) is 8.69. The molecule has 140 valence electrons. The number of fused-ring (bicyclic) bond motifs is 1. The Balaban J connectivity index is 1.89. The Hall–Kier alpha value is -2.66. The average molecular weight is 381 g/mol. The maximum Gasteiger partial charge on any atom is 0.412 e. The highest BCUT2D eigenvalue weighted by Gasteiger charge is 2.17. The van der Waals surface area contributed by atoms with Crippen molar-refractivity contribution in [1.29, 1.82) is 0 Å². The molecule has 4 nitrogen and oxygen atoms in total. The van der Waals surface area contributed by atoms with Gasteiger partial charge < -0.3 is 9.47 Å². The number of benzene rings is 3. The minimum Gasteiger partial charge on any atom is -0.497 e. The summed E-state index contributed by atoms with van der Waals surface area (Å²) >= 11 is 1.67. The Kier molecular flexibility index (Phi) is 5.61. The van der Waals surface area contributed by atoms with Crippen molar-refractivity contribution >= 4 is 34.3 Å². The van der Waals surface area contributed by atoms with Crippen LogP contribution in [0.4, 0.5) is 10.5 Å². The lowest BCUT2D eigenvalue weighted by Crippen LogP contribution is -2.27. The molecule has 27 heavy (non-hydrogen) atoms. The Labute approximate surface area is 163 Å².